The van der Waals surface area contributed by atoms with Gasteiger partial charge in [-0.25, -0.2) is 4.79 Å². The molecule has 1 unspecified atom stereocenters. The minimum absolute atomic E-state index is 0.0803. The summed E-state index contributed by atoms with van der Waals surface area (Å²) in [4.78, 5) is 14.2. The maximum atomic E-state index is 12.3. The highest BCUT2D eigenvalue weighted by Crippen LogP contribution is 2.20. The predicted octanol–water partition coefficient (Wildman–Crippen LogP) is 2.63. The topological polar surface area (TPSA) is 50.2 Å². The number of benzene rings is 1. The Morgan fingerprint density at radius 1 is 1.29 bits per heavy atom. The van der Waals surface area contributed by atoms with Gasteiger partial charge in [0.15, 0.2) is 0 Å². The summed E-state index contributed by atoms with van der Waals surface area (Å²) in [6, 6.07) is 10.6. The summed E-state index contributed by atoms with van der Waals surface area (Å²) in [6.07, 6.45) is 7.96. The molecule has 1 aromatic carbocycles. The molecule has 0 bridgehead atoms. The zero-order chi connectivity index (χ0) is 16.8. The average molecular weight is 326 g/mol. The van der Waals surface area contributed by atoms with Crippen molar-refractivity contribution >= 4 is 6.03 Å². The fraction of sp³-hybridized carbons (Fsp3) is 0.474. The highest BCUT2D eigenvalue weighted by molar-refractivity contribution is 5.74. The molecule has 128 valence electrons. The SMILES string of the molecule is Cn1cc(CCCNC(=O)N2CCC(Cc3ccccc3)C2)cn1. The molecule has 2 amide bonds. The van der Waals surface area contributed by atoms with E-state index in [2.05, 4.69) is 34.7 Å². The van der Waals surface area contributed by atoms with E-state index in [1.54, 1.807) is 0 Å². The van der Waals surface area contributed by atoms with Crippen molar-refractivity contribution in [2.24, 2.45) is 13.0 Å². The summed E-state index contributed by atoms with van der Waals surface area (Å²) in [5.74, 6) is 0.577. The Hall–Kier alpha value is -2.30. The van der Waals surface area contributed by atoms with Crippen molar-refractivity contribution in [3.63, 3.8) is 0 Å². The van der Waals surface area contributed by atoms with Crippen LogP contribution in [0.25, 0.3) is 0 Å². The van der Waals surface area contributed by atoms with Gasteiger partial charge in [0, 0.05) is 32.9 Å². The van der Waals surface area contributed by atoms with Gasteiger partial charge in [-0.2, -0.15) is 5.10 Å². The van der Waals surface area contributed by atoms with Gasteiger partial charge in [0.2, 0.25) is 0 Å². The molecule has 2 heterocycles. The molecule has 5 nitrogen and oxygen atoms in total. The largest absolute Gasteiger partial charge is 0.338 e. The summed E-state index contributed by atoms with van der Waals surface area (Å²) in [7, 11) is 1.92. The van der Waals surface area contributed by atoms with Crippen molar-refractivity contribution in [2.45, 2.75) is 25.7 Å². The van der Waals surface area contributed by atoms with Crippen LogP contribution in [-0.4, -0.2) is 40.3 Å². The van der Waals surface area contributed by atoms with Crippen LogP contribution in [-0.2, 0) is 19.9 Å². The van der Waals surface area contributed by atoms with E-state index in [9.17, 15) is 4.79 Å². The molecule has 24 heavy (non-hydrogen) atoms. The van der Waals surface area contributed by atoms with Crippen molar-refractivity contribution in [3.05, 3.63) is 53.9 Å². The van der Waals surface area contributed by atoms with Crippen LogP contribution in [0.4, 0.5) is 4.79 Å². The first kappa shape index (κ1) is 16.6. The van der Waals surface area contributed by atoms with Crippen LogP contribution in [0.1, 0.15) is 24.0 Å². The molecule has 1 saturated heterocycles. The van der Waals surface area contributed by atoms with Gasteiger partial charge >= 0.3 is 6.03 Å². The molecule has 0 spiro atoms. The molecular formula is C19H26N4O. The Morgan fingerprint density at radius 3 is 2.88 bits per heavy atom. The predicted molar refractivity (Wildman–Crippen MR) is 94.8 cm³/mol. The Kier molecular flexibility index (Phi) is 5.51. The van der Waals surface area contributed by atoms with Crippen molar-refractivity contribution in [1.82, 2.24) is 20.0 Å². The second-order valence-corrected chi connectivity index (χ2v) is 6.65. The van der Waals surface area contributed by atoms with Gasteiger partial charge in [-0.3, -0.25) is 4.68 Å². The number of rotatable bonds is 6. The zero-order valence-electron chi connectivity index (χ0n) is 14.3. The monoisotopic (exact) mass is 326 g/mol. The second-order valence-electron chi connectivity index (χ2n) is 6.65. The molecule has 5 heteroatoms. The molecule has 1 aromatic heterocycles. The van der Waals surface area contributed by atoms with E-state index in [4.69, 9.17) is 0 Å². The molecule has 3 rings (SSSR count). The van der Waals surface area contributed by atoms with Gasteiger partial charge in [0.05, 0.1) is 6.20 Å². The summed E-state index contributed by atoms with van der Waals surface area (Å²) < 4.78 is 1.81. The molecule has 2 aromatic rings. The third-order valence-corrected chi connectivity index (χ3v) is 4.62. The zero-order valence-corrected chi connectivity index (χ0v) is 14.3. The lowest BCUT2D eigenvalue weighted by Crippen LogP contribution is -2.39. The van der Waals surface area contributed by atoms with E-state index in [-0.39, 0.29) is 6.03 Å². The maximum Gasteiger partial charge on any atom is 0.317 e. The fourth-order valence-corrected chi connectivity index (χ4v) is 3.33. The number of carbonyl (C=O) groups is 1. The van der Waals surface area contributed by atoms with E-state index in [0.29, 0.717) is 12.5 Å². The van der Waals surface area contributed by atoms with Crippen molar-refractivity contribution in [1.29, 1.82) is 0 Å². The van der Waals surface area contributed by atoms with E-state index < -0.39 is 0 Å². The number of amides is 2. The molecule has 1 fully saturated rings. The number of carbonyl (C=O) groups excluding carboxylic acids is 1. The summed E-state index contributed by atoms with van der Waals surface area (Å²) in [5, 5.41) is 7.20. The minimum atomic E-state index is 0.0803. The summed E-state index contributed by atoms with van der Waals surface area (Å²) in [5.41, 5.74) is 2.58. The highest BCUT2D eigenvalue weighted by Gasteiger charge is 2.25. The molecule has 1 N–H and O–H groups in total. The molecule has 0 aliphatic carbocycles. The molecular weight excluding hydrogens is 300 g/mol. The van der Waals surface area contributed by atoms with Gasteiger partial charge in [-0.05, 0) is 42.7 Å². The van der Waals surface area contributed by atoms with Gasteiger partial charge in [0.1, 0.15) is 0 Å². The number of aryl methyl sites for hydroxylation is 2. The highest BCUT2D eigenvalue weighted by atomic mass is 16.2. The van der Waals surface area contributed by atoms with E-state index in [0.717, 1.165) is 38.8 Å². The summed E-state index contributed by atoms with van der Waals surface area (Å²) >= 11 is 0. The van der Waals surface area contributed by atoms with Crippen LogP contribution in [0.15, 0.2) is 42.7 Å². The van der Waals surface area contributed by atoms with Crippen LogP contribution in [0.3, 0.4) is 0 Å². The van der Waals surface area contributed by atoms with Gasteiger partial charge in [-0.15, -0.1) is 0 Å². The third-order valence-electron chi connectivity index (χ3n) is 4.62. The summed E-state index contributed by atoms with van der Waals surface area (Å²) in [6.45, 7) is 2.45. The molecule has 1 aliphatic rings. The Bertz CT molecular complexity index is 652. The number of hydrogen-bond donors (Lipinski definition) is 1. The van der Waals surface area contributed by atoms with Crippen molar-refractivity contribution < 1.29 is 4.79 Å². The van der Waals surface area contributed by atoms with E-state index in [1.807, 2.05) is 35.1 Å². The van der Waals surface area contributed by atoms with Crippen molar-refractivity contribution in [2.75, 3.05) is 19.6 Å². The molecule has 0 saturated carbocycles. The first-order valence-electron chi connectivity index (χ1n) is 8.75. The number of nitrogens with one attached hydrogen (secondary N) is 1. The minimum Gasteiger partial charge on any atom is -0.338 e. The van der Waals surface area contributed by atoms with Gasteiger partial charge in [-0.1, -0.05) is 30.3 Å². The number of hydrogen-bond acceptors (Lipinski definition) is 2. The van der Waals surface area contributed by atoms with Crippen LogP contribution >= 0.6 is 0 Å². The molecule has 0 radical (unpaired) electrons. The van der Waals surface area contributed by atoms with Crippen LogP contribution in [0, 0.1) is 5.92 Å². The van der Waals surface area contributed by atoms with Crippen LogP contribution < -0.4 is 5.32 Å². The number of aromatic nitrogens is 2. The lowest BCUT2D eigenvalue weighted by molar-refractivity contribution is 0.207. The smallest absolute Gasteiger partial charge is 0.317 e. The third kappa shape index (κ3) is 4.60. The molecule has 1 aliphatic heterocycles. The lowest BCUT2D eigenvalue weighted by Gasteiger charge is -2.17. The standard InChI is InChI=1S/C19H26N4O/c1-22-14-18(13-21-22)8-5-10-20-19(24)23-11-9-17(15-23)12-16-6-3-2-4-7-16/h2-4,6-7,13-14,17H,5,8-12,15H2,1H3,(H,20,24). The average Bonchev–Trinajstić information content (AvgIpc) is 3.21. The van der Waals surface area contributed by atoms with E-state index in [1.165, 1.54) is 11.1 Å². The van der Waals surface area contributed by atoms with E-state index >= 15 is 0 Å². The first-order valence-corrected chi connectivity index (χ1v) is 8.75. The first-order chi connectivity index (χ1) is 11.7. The lowest BCUT2D eigenvalue weighted by atomic mass is 9.99. The van der Waals surface area contributed by atoms with Crippen molar-refractivity contribution in [3.8, 4) is 0 Å². The normalized spacial score (nSPS) is 17.2. The fourth-order valence-electron chi connectivity index (χ4n) is 3.33. The Balaban J connectivity index is 1.35. The number of likely N-dealkylation sites (tertiary alicyclic amines) is 1. The van der Waals surface area contributed by atoms with Crippen LogP contribution in [0.5, 0.6) is 0 Å². The Morgan fingerprint density at radius 2 is 2.12 bits per heavy atom. The number of urea groups is 1. The Labute approximate surface area is 143 Å². The quantitative estimate of drug-likeness (QED) is 0.830. The van der Waals surface area contributed by atoms with Gasteiger partial charge < -0.3 is 10.2 Å². The number of nitrogens with zero attached hydrogens (tertiary/aromatic N) is 3. The van der Waals surface area contributed by atoms with Crippen LogP contribution in [0.2, 0.25) is 0 Å². The van der Waals surface area contributed by atoms with Gasteiger partial charge in [0.25, 0.3) is 0 Å². The molecule has 1 atom stereocenters. The maximum absolute atomic E-state index is 12.3. The second kappa shape index (κ2) is 7.99.